The number of nitrogens with one attached hydrogen (secondary N) is 3. The summed E-state index contributed by atoms with van der Waals surface area (Å²) in [6.07, 6.45) is 20.5. The number of esters is 3. The van der Waals surface area contributed by atoms with E-state index in [2.05, 4.69) is 77.2 Å². The summed E-state index contributed by atoms with van der Waals surface area (Å²) in [6.45, 7) is 28.4. The van der Waals surface area contributed by atoms with E-state index < -0.39 is 34.1 Å². The maximum absolute atomic E-state index is 12.1. The molecule has 12 rings (SSSR count). The van der Waals surface area contributed by atoms with Gasteiger partial charge in [-0.3, -0.25) is 39.5 Å². The molecule has 3 N–H and O–H groups in total. The van der Waals surface area contributed by atoms with Gasteiger partial charge in [0.15, 0.2) is 0 Å². The Bertz CT molecular complexity index is 2650. The molecule has 480 valence electrons. The van der Waals surface area contributed by atoms with Gasteiger partial charge in [-0.05, 0) is 148 Å². The highest BCUT2D eigenvalue weighted by Gasteiger charge is 2.63. The molecule has 24 heteroatoms. The van der Waals surface area contributed by atoms with E-state index in [4.69, 9.17) is 39.3 Å². The predicted molar refractivity (Wildman–Crippen MR) is 319 cm³/mol. The van der Waals surface area contributed by atoms with Gasteiger partial charge in [-0.1, -0.05) is 96.2 Å². The zero-order valence-electron chi connectivity index (χ0n) is 50.9. The van der Waals surface area contributed by atoms with E-state index >= 15 is 0 Å². The van der Waals surface area contributed by atoms with Crippen LogP contribution in [-0.2, 0) is 102 Å². The Morgan fingerprint density at radius 3 is 0.954 bits per heavy atom. The molecule has 21 nitrogen and oxygen atoms in total. The lowest BCUT2D eigenvalue weighted by molar-refractivity contribution is -0.154. The van der Waals surface area contributed by atoms with Gasteiger partial charge in [-0.15, -0.1) is 0 Å². The van der Waals surface area contributed by atoms with Crippen molar-refractivity contribution in [3.63, 3.8) is 0 Å². The van der Waals surface area contributed by atoms with E-state index in [1.807, 2.05) is 18.2 Å². The first-order valence-electron chi connectivity index (χ1n) is 30.8. The van der Waals surface area contributed by atoms with Gasteiger partial charge in [-0.2, -0.15) is 12.6 Å². The molecule has 4 unspecified atom stereocenters. The van der Waals surface area contributed by atoms with Crippen molar-refractivity contribution in [1.82, 2.24) is 16.0 Å². The van der Waals surface area contributed by atoms with Crippen LogP contribution >= 0.6 is 0 Å². The molecule has 21 atom stereocenters. The molecular formula is C63H87N3O18S3. The molecule has 0 bridgehead atoms. The van der Waals surface area contributed by atoms with Gasteiger partial charge in [0.1, 0.15) is 19.8 Å². The Kier molecular flexibility index (Phi) is 19.5. The zero-order chi connectivity index (χ0) is 62.4. The summed E-state index contributed by atoms with van der Waals surface area (Å²) in [5, 5.41) is 7.97. The quantitative estimate of drug-likeness (QED) is 0.0579. The average molecular weight is 1270 g/mol. The number of hydrogen-bond acceptors (Lipinski definition) is 18. The third kappa shape index (κ3) is 12.2. The molecule has 3 amide bonds. The maximum atomic E-state index is 12.1. The normalized spacial score (nSPS) is 46.0. The van der Waals surface area contributed by atoms with Crippen molar-refractivity contribution in [3.8, 4) is 0 Å². The van der Waals surface area contributed by atoms with Gasteiger partial charge in [0, 0.05) is 16.2 Å². The second-order valence-electron chi connectivity index (χ2n) is 27.7. The van der Waals surface area contributed by atoms with E-state index in [1.54, 1.807) is 0 Å². The average Bonchev–Trinajstić information content (AvgIpc) is 1.21. The van der Waals surface area contributed by atoms with Crippen molar-refractivity contribution in [3.05, 3.63) is 71.4 Å². The molecule has 87 heavy (non-hydrogen) atoms. The monoisotopic (exact) mass is 1270 g/mol. The fourth-order valence-corrected chi connectivity index (χ4v) is 21.4. The molecule has 6 heterocycles. The van der Waals surface area contributed by atoms with E-state index in [9.17, 15) is 41.4 Å². The van der Waals surface area contributed by atoms with Crippen molar-refractivity contribution < 1.29 is 80.7 Å². The van der Waals surface area contributed by atoms with Crippen molar-refractivity contribution in [1.29, 1.82) is 0 Å². The third-order valence-electron chi connectivity index (χ3n) is 23.4. The fourth-order valence-electron chi connectivity index (χ4n) is 18.7. The minimum Gasteiger partial charge on any atom is -0.460 e. The number of cyclic esters (lactones) is 3. The van der Waals surface area contributed by atoms with Gasteiger partial charge in [0.25, 0.3) is 0 Å². The van der Waals surface area contributed by atoms with Crippen LogP contribution in [0.3, 0.4) is 0 Å². The van der Waals surface area contributed by atoms with Crippen LogP contribution in [0.4, 0.5) is 0 Å². The number of fused-ring (bicyclic) bond motifs is 9. The minimum atomic E-state index is -1.66. The smallest absolute Gasteiger partial charge is 0.336 e. The van der Waals surface area contributed by atoms with Gasteiger partial charge in [-0.25, -0.2) is 14.4 Å². The van der Waals surface area contributed by atoms with Crippen LogP contribution in [-0.4, -0.2) is 126 Å². The van der Waals surface area contributed by atoms with Crippen molar-refractivity contribution >= 4 is 71.2 Å². The van der Waals surface area contributed by atoms with Gasteiger partial charge < -0.3 is 30.2 Å². The van der Waals surface area contributed by atoms with Crippen LogP contribution in [0.15, 0.2) is 71.4 Å². The number of rotatable bonds is 12. The Morgan fingerprint density at radius 1 is 0.437 bits per heavy atom. The highest BCUT2D eigenvalue weighted by atomic mass is 32.2. The molecule has 6 saturated heterocycles. The topological polar surface area (TPSA) is 273 Å². The second-order valence-corrected chi connectivity index (χ2v) is 30.2. The lowest BCUT2D eigenvalue weighted by Crippen LogP contribution is -2.60. The number of amides is 3. The van der Waals surface area contributed by atoms with Gasteiger partial charge in [0.05, 0.1) is 73.0 Å². The third-order valence-corrected chi connectivity index (χ3v) is 25.5. The number of carbonyl (C=O) groups is 6. The highest BCUT2D eigenvalue weighted by molar-refractivity contribution is 7.75. The standard InChI is InChI=1S/3C21H29NO6S/c3*1-13-4-7-17-20(2,9-8-18-21(17,3)11-27-29(25)28-18)15(13)6-5-14-16(22-12-23)10-26-19(14)24/h3*5,12,15-18H,1,4,6-11H2,2-3H3,(H,22,23)/b3*14-5+/t15-,16?,17+,18-,20+,21+,29?;15-,16+,17+,18-,20+,21+,29?;15-,16-,17+,18-,20+,21+,29?/m111/s1. The summed E-state index contributed by atoms with van der Waals surface area (Å²) < 4.78 is 83.8. The number of carbonyl (C=O) groups excluding carboxylic acids is 6. The molecule has 0 radical (unpaired) electrons. The number of hydrogen-bond donors (Lipinski definition) is 3. The summed E-state index contributed by atoms with van der Waals surface area (Å²) in [7, 11) is 0. The zero-order valence-corrected chi connectivity index (χ0v) is 53.4. The molecule has 6 aliphatic heterocycles. The molecule has 0 aromatic heterocycles. The van der Waals surface area contributed by atoms with Gasteiger partial charge >= 0.3 is 52.0 Å². The van der Waals surface area contributed by atoms with Crippen LogP contribution in [0.25, 0.3) is 0 Å². The maximum Gasteiger partial charge on any atom is 0.336 e. The summed E-state index contributed by atoms with van der Waals surface area (Å²) in [5.74, 6) is 0.593. The van der Waals surface area contributed by atoms with Gasteiger partial charge in [0.2, 0.25) is 19.2 Å². The van der Waals surface area contributed by atoms with Crippen molar-refractivity contribution in [2.45, 2.75) is 174 Å². The largest absolute Gasteiger partial charge is 0.460 e. The fraction of sp³-hybridized carbons (Fsp3) is 0.714. The van der Waals surface area contributed by atoms with Crippen LogP contribution in [0, 0.1) is 68.0 Å². The Balaban J connectivity index is 0.000000144. The van der Waals surface area contributed by atoms with Crippen LogP contribution < -0.4 is 16.0 Å². The summed E-state index contributed by atoms with van der Waals surface area (Å²) in [4.78, 5) is 68.9. The predicted octanol–water partition coefficient (Wildman–Crippen LogP) is 7.07. The molecule has 6 saturated carbocycles. The first kappa shape index (κ1) is 65.4. The van der Waals surface area contributed by atoms with Crippen LogP contribution in [0.2, 0.25) is 0 Å². The first-order chi connectivity index (χ1) is 41.4. The number of allylic oxidation sites excluding steroid dienone is 6. The Labute approximate surface area is 518 Å². The van der Waals surface area contributed by atoms with E-state index in [0.717, 1.165) is 77.0 Å². The number of ether oxygens (including phenoxy) is 3. The molecule has 0 aromatic carbocycles. The van der Waals surface area contributed by atoms with Crippen molar-refractivity contribution in [2.75, 3.05) is 39.6 Å². The first-order valence-corrected chi connectivity index (χ1v) is 33.8. The molecule has 12 aliphatic rings. The van der Waals surface area contributed by atoms with E-state index in [0.29, 0.717) is 92.8 Å². The van der Waals surface area contributed by atoms with E-state index in [-0.39, 0.29) is 124 Å². The molecule has 12 fully saturated rings. The summed E-state index contributed by atoms with van der Waals surface area (Å²) in [6, 6.07) is -1.16. The lowest BCUT2D eigenvalue weighted by atomic mass is 9.46. The Hall–Kier alpha value is -4.53. The summed E-state index contributed by atoms with van der Waals surface area (Å²) >= 11 is -4.97. The molecule has 0 spiro atoms. The highest BCUT2D eigenvalue weighted by Crippen LogP contribution is 2.66. The lowest BCUT2D eigenvalue weighted by Gasteiger charge is -2.61. The van der Waals surface area contributed by atoms with Crippen LogP contribution in [0.5, 0.6) is 0 Å². The molecular weight excluding hydrogens is 1180 g/mol. The molecule has 0 aromatic rings. The Morgan fingerprint density at radius 2 is 0.701 bits per heavy atom. The minimum absolute atomic E-state index is 0.0146. The SMILES string of the molecule is C=C1CC[C@@H]2[C@]3(C)COS(=O)O[C@@H]3CC[C@@]2(C)[C@@H]1C/C=C1/C(=O)OCC1NC=O.C=C1CC[C@@H]2[C@]3(C)COS(=O)O[C@@H]3CC[C@@]2(C)[C@@H]1C/C=C1/C(=O)OC[C@@H]1NC=O.C=C1CC[C@@H]2[C@]3(C)COS(=O)O[C@@H]3CC[C@@]2(C)[C@@H]1C/C=C1/C(=O)OC[C@H]1NC=O. The van der Waals surface area contributed by atoms with E-state index in [1.165, 1.54) is 16.7 Å². The van der Waals surface area contributed by atoms with Crippen molar-refractivity contribution in [2.24, 2.45) is 68.0 Å². The summed E-state index contributed by atoms with van der Waals surface area (Å²) in [5.41, 5.74) is 4.56. The molecule has 6 aliphatic carbocycles. The second kappa shape index (κ2) is 26.0. The van der Waals surface area contributed by atoms with Crippen LogP contribution in [0.1, 0.15) is 138 Å².